The number of thiophene rings is 1. The van der Waals surface area contributed by atoms with Crippen LogP contribution in [0.5, 0.6) is 0 Å². The summed E-state index contributed by atoms with van der Waals surface area (Å²) in [6, 6.07) is 7.51. The van der Waals surface area contributed by atoms with Gasteiger partial charge in [-0.3, -0.25) is 9.59 Å². The molecule has 0 fully saturated rings. The third-order valence-corrected chi connectivity index (χ3v) is 7.40. The van der Waals surface area contributed by atoms with Crippen molar-refractivity contribution in [3.63, 3.8) is 0 Å². The largest absolute Gasteiger partial charge is 0.326 e. The lowest BCUT2D eigenvalue weighted by molar-refractivity contribution is -0.115. The molecule has 2 N–H and O–H groups in total. The fourth-order valence-corrected chi connectivity index (χ4v) is 5.72. The lowest BCUT2D eigenvalue weighted by Gasteiger charge is -2.09. The van der Waals surface area contributed by atoms with Crippen molar-refractivity contribution in [1.82, 2.24) is 9.97 Å². The van der Waals surface area contributed by atoms with Gasteiger partial charge in [0.1, 0.15) is 10.7 Å². The van der Waals surface area contributed by atoms with E-state index in [0.717, 1.165) is 39.6 Å². The number of nitrogens with zero attached hydrogens (tertiary/aromatic N) is 1. The van der Waals surface area contributed by atoms with Crippen LogP contribution in [0.3, 0.4) is 0 Å². The Kier molecular flexibility index (Phi) is 6.18. The van der Waals surface area contributed by atoms with E-state index in [-0.39, 0.29) is 11.5 Å². The van der Waals surface area contributed by atoms with Crippen LogP contribution in [0.25, 0.3) is 10.2 Å². The molecule has 0 bridgehead atoms. The quantitative estimate of drug-likeness (QED) is 0.495. The number of carbonyl (C=O) groups excluding carboxylic acids is 1. The number of anilines is 1. The smallest absolute Gasteiger partial charge is 0.259 e. The molecule has 5 nitrogen and oxygen atoms in total. The van der Waals surface area contributed by atoms with Crippen molar-refractivity contribution in [2.45, 2.75) is 37.9 Å². The summed E-state index contributed by atoms with van der Waals surface area (Å²) in [7, 11) is 0. The maximum atomic E-state index is 12.5. The standard InChI is InChI=1S/C20H20BrN3O2S2/c21-12-5-7-13(8-6-12)22-17(25)9-10-27-11-16-23-19(26)18-14-3-1-2-4-15(14)28-20(18)24-16/h5-8H,1-4,9-11H2,(H,22,25)(H,23,24,26). The first kappa shape index (κ1) is 19.7. The Hall–Kier alpha value is -1.64. The number of benzene rings is 1. The molecule has 2 heterocycles. The third-order valence-electron chi connectivity index (χ3n) is 4.71. The molecule has 8 heteroatoms. The average molecular weight is 478 g/mol. The predicted octanol–water partition coefficient (Wildman–Crippen LogP) is 4.89. The zero-order valence-electron chi connectivity index (χ0n) is 15.2. The van der Waals surface area contributed by atoms with Gasteiger partial charge < -0.3 is 10.3 Å². The van der Waals surface area contributed by atoms with Crippen LogP contribution in [0.1, 0.15) is 35.5 Å². The van der Waals surface area contributed by atoms with E-state index in [4.69, 9.17) is 0 Å². The molecule has 146 valence electrons. The molecule has 0 saturated carbocycles. The summed E-state index contributed by atoms with van der Waals surface area (Å²) in [5.41, 5.74) is 1.98. The van der Waals surface area contributed by atoms with Gasteiger partial charge in [-0.25, -0.2) is 4.98 Å². The summed E-state index contributed by atoms with van der Waals surface area (Å²) in [5, 5.41) is 3.68. The van der Waals surface area contributed by atoms with Crippen LogP contribution in [0.15, 0.2) is 33.5 Å². The molecule has 0 spiro atoms. The van der Waals surface area contributed by atoms with Gasteiger partial charge in [0.25, 0.3) is 5.56 Å². The topological polar surface area (TPSA) is 74.8 Å². The molecule has 1 amide bonds. The number of amides is 1. The minimum absolute atomic E-state index is 0.0161. The number of aromatic amines is 1. The van der Waals surface area contributed by atoms with Crippen LogP contribution >= 0.6 is 39.0 Å². The fourth-order valence-electron chi connectivity index (χ4n) is 3.37. The average Bonchev–Trinajstić information content (AvgIpc) is 3.06. The molecule has 0 atom stereocenters. The molecule has 1 aliphatic rings. The molecule has 0 radical (unpaired) electrons. The van der Waals surface area contributed by atoms with Gasteiger partial charge in [-0.15, -0.1) is 11.3 Å². The summed E-state index contributed by atoms with van der Waals surface area (Å²) in [6.45, 7) is 0. The number of rotatable bonds is 6. The zero-order valence-corrected chi connectivity index (χ0v) is 18.4. The van der Waals surface area contributed by atoms with Crippen molar-refractivity contribution in [2.75, 3.05) is 11.1 Å². The highest BCUT2D eigenvalue weighted by Gasteiger charge is 2.19. The third kappa shape index (κ3) is 4.50. The van der Waals surface area contributed by atoms with Gasteiger partial charge in [0, 0.05) is 27.2 Å². The van der Waals surface area contributed by atoms with E-state index in [1.165, 1.54) is 16.9 Å². The minimum atomic E-state index is -0.0204. The molecule has 0 unspecified atom stereocenters. The minimum Gasteiger partial charge on any atom is -0.326 e. The monoisotopic (exact) mass is 477 g/mol. The zero-order chi connectivity index (χ0) is 19.5. The van der Waals surface area contributed by atoms with Crippen LogP contribution in [0, 0.1) is 0 Å². The summed E-state index contributed by atoms with van der Waals surface area (Å²) in [4.78, 5) is 34.4. The highest BCUT2D eigenvalue weighted by atomic mass is 79.9. The number of hydrogen-bond acceptors (Lipinski definition) is 5. The van der Waals surface area contributed by atoms with Crippen molar-refractivity contribution in [2.24, 2.45) is 0 Å². The lowest BCUT2D eigenvalue weighted by Crippen LogP contribution is -2.13. The first-order chi connectivity index (χ1) is 13.6. The lowest BCUT2D eigenvalue weighted by atomic mass is 9.97. The van der Waals surface area contributed by atoms with E-state index in [9.17, 15) is 9.59 Å². The van der Waals surface area contributed by atoms with E-state index < -0.39 is 0 Å². The van der Waals surface area contributed by atoms with Gasteiger partial charge in [-0.2, -0.15) is 11.8 Å². The number of hydrogen-bond donors (Lipinski definition) is 2. The maximum Gasteiger partial charge on any atom is 0.259 e. The van der Waals surface area contributed by atoms with Gasteiger partial charge in [0.15, 0.2) is 0 Å². The van der Waals surface area contributed by atoms with Crippen LogP contribution < -0.4 is 10.9 Å². The van der Waals surface area contributed by atoms with E-state index >= 15 is 0 Å². The Morgan fingerprint density at radius 3 is 2.86 bits per heavy atom. The summed E-state index contributed by atoms with van der Waals surface area (Å²) < 4.78 is 0.978. The molecule has 4 rings (SSSR count). The van der Waals surface area contributed by atoms with Crippen LogP contribution in [-0.2, 0) is 23.4 Å². The highest BCUT2D eigenvalue weighted by molar-refractivity contribution is 9.10. The Bertz CT molecular complexity index is 1060. The molecular formula is C20H20BrN3O2S2. The van der Waals surface area contributed by atoms with E-state index in [1.807, 2.05) is 24.3 Å². The molecule has 0 saturated heterocycles. The number of halogens is 1. The van der Waals surface area contributed by atoms with Crippen molar-refractivity contribution < 1.29 is 4.79 Å². The van der Waals surface area contributed by atoms with Crippen molar-refractivity contribution >= 4 is 60.8 Å². The van der Waals surface area contributed by atoms with Gasteiger partial charge in [0.2, 0.25) is 5.91 Å². The summed E-state index contributed by atoms with van der Waals surface area (Å²) >= 11 is 6.65. The van der Waals surface area contributed by atoms with E-state index in [0.29, 0.717) is 23.8 Å². The van der Waals surface area contributed by atoms with Gasteiger partial charge in [-0.1, -0.05) is 15.9 Å². The molecule has 0 aliphatic heterocycles. The summed E-state index contributed by atoms with van der Waals surface area (Å²) in [6.07, 6.45) is 4.82. The van der Waals surface area contributed by atoms with Gasteiger partial charge in [-0.05, 0) is 55.5 Å². The van der Waals surface area contributed by atoms with Crippen LogP contribution in [0.2, 0.25) is 0 Å². The molecule has 3 aromatic rings. The molecule has 2 aromatic heterocycles. The second-order valence-corrected chi connectivity index (χ2v) is 9.87. The first-order valence-corrected chi connectivity index (χ1v) is 12.0. The Morgan fingerprint density at radius 1 is 1.25 bits per heavy atom. The van der Waals surface area contributed by atoms with Crippen molar-refractivity contribution in [1.29, 1.82) is 0 Å². The Morgan fingerprint density at radius 2 is 2.04 bits per heavy atom. The van der Waals surface area contributed by atoms with Gasteiger partial charge >= 0.3 is 0 Å². The Balaban J connectivity index is 1.32. The Labute approximate surface area is 179 Å². The number of carbonyl (C=O) groups is 1. The maximum absolute atomic E-state index is 12.5. The second kappa shape index (κ2) is 8.80. The first-order valence-electron chi connectivity index (χ1n) is 9.27. The second-order valence-electron chi connectivity index (χ2n) is 6.76. The van der Waals surface area contributed by atoms with Gasteiger partial charge in [0.05, 0.1) is 11.1 Å². The molecule has 1 aromatic carbocycles. The molecular weight excluding hydrogens is 458 g/mol. The van der Waals surface area contributed by atoms with Crippen LogP contribution in [-0.4, -0.2) is 21.6 Å². The number of fused-ring (bicyclic) bond motifs is 3. The highest BCUT2D eigenvalue weighted by Crippen LogP contribution is 2.33. The van der Waals surface area contributed by atoms with Crippen LogP contribution in [0.4, 0.5) is 5.69 Å². The normalized spacial score (nSPS) is 13.5. The van der Waals surface area contributed by atoms with Crippen molar-refractivity contribution in [3.8, 4) is 0 Å². The number of aromatic nitrogens is 2. The number of H-pyrrole nitrogens is 1. The number of nitrogens with one attached hydrogen (secondary N) is 2. The number of thioether (sulfide) groups is 1. The SMILES string of the molecule is O=C(CCSCc1nc2sc3c(c2c(=O)[nH]1)CCCC3)Nc1ccc(Br)cc1. The predicted molar refractivity (Wildman–Crippen MR) is 120 cm³/mol. The summed E-state index contributed by atoms with van der Waals surface area (Å²) in [5.74, 6) is 1.94. The fraction of sp³-hybridized carbons (Fsp3) is 0.350. The van der Waals surface area contributed by atoms with E-state index in [2.05, 4.69) is 31.2 Å². The number of aryl methyl sites for hydroxylation is 2. The molecule has 28 heavy (non-hydrogen) atoms. The molecule has 1 aliphatic carbocycles. The van der Waals surface area contributed by atoms with E-state index in [1.54, 1.807) is 23.1 Å². The van der Waals surface area contributed by atoms with Crippen molar-refractivity contribution in [3.05, 3.63) is 55.4 Å².